The molecular formula is C10H6ClN3O2S. The first-order valence-electron chi connectivity index (χ1n) is 4.73. The number of halogens is 1. The number of benzene rings is 1. The number of nitrogens with one attached hydrogen (secondary N) is 1. The summed E-state index contributed by atoms with van der Waals surface area (Å²) in [6.07, 6.45) is 2.85. The molecule has 2 heterocycles. The Morgan fingerprint density at radius 3 is 2.94 bits per heavy atom. The van der Waals surface area contributed by atoms with Crippen LogP contribution >= 0.6 is 11.6 Å². The van der Waals surface area contributed by atoms with Crippen LogP contribution in [0.1, 0.15) is 0 Å². The van der Waals surface area contributed by atoms with Gasteiger partial charge in [-0.15, -0.1) is 0 Å². The molecule has 0 radical (unpaired) electrons. The fraction of sp³-hybridized carbons (Fsp3) is 0. The number of carbonyl (C=O) groups is 1. The summed E-state index contributed by atoms with van der Waals surface area (Å²) in [6.45, 7) is 0. The predicted molar refractivity (Wildman–Crippen MR) is 65.3 cm³/mol. The summed E-state index contributed by atoms with van der Waals surface area (Å²) in [4.78, 5) is 11.1. The van der Waals surface area contributed by atoms with E-state index in [9.17, 15) is 9.00 Å². The summed E-state index contributed by atoms with van der Waals surface area (Å²) in [5.74, 6) is -0.385. The summed E-state index contributed by atoms with van der Waals surface area (Å²) in [7, 11) is -1.56. The molecule has 1 aromatic heterocycles. The number of aromatic nitrogens is 2. The molecule has 1 N–H and O–H groups in total. The molecule has 1 atom stereocenters. The number of fused-ring (bicyclic) bond motifs is 1. The Kier molecular flexibility index (Phi) is 2.27. The van der Waals surface area contributed by atoms with Crippen molar-refractivity contribution in [2.75, 3.05) is 0 Å². The molecule has 1 aliphatic rings. The third kappa shape index (κ3) is 1.57. The molecule has 1 aromatic carbocycles. The van der Waals surface area contributed by atoms with E-state index in [-0.39, 0.29) is 5.91 Å². The molecule has 7 heteroatoms. The monoisotopic (exact) mass is 267 g/mol. The smallest absolute Gasteiger partial charge is 0.258 e. The first kappa shape index (κ1) is 10.5. The van der Waals surface area contributed by atoms with Crippen molar-refractivity contribution in [3.05, 3.63) is 35.5 Å². The molecule has 0 spiro atoms. The zero-order valence-corrected chi connectivity index (χ0v) is 9.96. The van der Waals surface area contributed by atoms with E-state index in [1.165, 1.54) is 10.8 Å². The standard InChI is InChI=1S/C10H6ClN3O2S/c11-7-2-1-3-8-6(7)5-12-14(8)10-4-9(15)13-17(10)16/h1-5H,(H,13,15). The van der Waals surface area contributed by atoms with Crippen molar-refractivity contribution in [2.45, 2.75) is 0 Å². The van der Waals surface area contributed by atoms with Crippen molar-refractivity contribution in [3.8, 4) is 0 Å². The molecule has 0 bridgehead atoms. The average Bonchev–Trinajstić information content (AvgIpc) is 2.83. The number of rotatable bonds is 1. The first-order chi connectivity index (χ1) is 8.16. The summed E-state index contributed by atoms with van der Waals surface area (Å²) in [5.41, 5.74) is 0.716. The maximum atomic E-state index is 11.6. The Morgan fingerprint density at radius 1 is 1.41 bits per heavy atom. The third-order valence-electron chi connectivity index (χ3n) is 2.41. The Morgan fingerprint density at radius 2 is 2.24 bits per heavy atom. The van der Waals surface area contributed by atoms with Gasteiger partial charge < -0.3 is 0 Å². The number of hydrogen-bond acceptors (Lipinski definition) is 3. The van der Waals surface area contributed by atoms with Crippen LogP contribution in [0.4, 0.5) is 0 Å². The third-order valence-corrected chi connectivity index (χ3v) is 3.79. The highest BCUT2D eigenvalue weighted by molar-refractivity contribution is 7.93. The Balaban J connectivity index is 2.26. The van der Waals surface area contributed by atoms with E-state index in [4.69, 9.17) is 11.6 Å². The van der Waals surface area contributed by atoms with E-state index in [1.807, 2.05) is 0 Å². The number of nitrogens with zero attached hydrogens (tertiary/aromatic N) is 2. The minimum absolute atomic E-state index is 0.312. The van der Waals surface area contributed by atoms with Crippen LogP contribution in [0, 0.1) is 0 Å². The van der Waals surface area contributed by atoms with Crippen LogP contribution in [0.15, 0.2) is 30.5 Å². The molecule has 2 aromatic rings. The highest BCUT2D eigenvalue weighted by atomic mass is 35.5. The quantitative estimate of drug-likeness (QED) is 0.847. The molecule has 86 valence electrons. The normalized spacial score (nSPS) is 19.5. The summed E-state index contributed by atoms with van der Waals surface area (Å²) < 4.78 is 15.4. The SMILES string of the molecule is O=C1C=C(n2ncc3c(Cl)cccc32)S(=O)N1. The fourth-order valence-corrected chi connectivity index (χ4v) is 2.75. The van der Waals surface area contributed by atoms with Crippen LogP contribution < -0.4 is 4.72 Å². The van der Waals surface area contributed by atoms with E-state index >= 15 is 0 Å². The Labute approximate surface area is 104 Å². The van der Waals surface area contributed by atoms with Crippen LogP contribution in [0.25, 0.3) is 15.9 Å². The zero-order valence-electron chi connectivity index (χ0n) is 8.38. The number of hydrogen-bond donors (Lipinski definition) is 1. The summed E-state index contributed by atoms with van der Waals surface area (Å²) in [5, 5.41) is 5.74. The average molecular weight is 268 g/mol. The molecule has 0 aliphatic carbocycles. The van der Waals surface area contributed by atoms with Crippen molar-refractivity contribution in [3.63, 3.8) is 0 Å². The van der Waals surface area contributed by atoms with Crippen LogP contribution in [0.2, 0.25) is 5.02 Å². The summed E-state index contributed by atoms with van der Waals surface area (Å²) in [6, 6.07) is 5.32. The second kappa shape index (κ2) is 3.68. The highest BCUT2D eigenvalue weighted by Gasteiger charge is 2.23. The fourth-order valence-electron chi connectivity index (χ4n) is 1.67. The van der Waals surface area contributed by atoms with Crippen molar-refractivity contribution >= 4 is 44.4 Å². The van der Waals surface area contributed by atoms with Crippen molar-refractivity contribution in [1.29, 1.82) is 0 Å². The van der Waals surface area contributed by atoms with Crippen LogP contribution in [0.5, 0.6) is 0 Å². The molecule has 0 saturated carbocycles. The van der Waals surface area contributed by atoms with Gasteiger partial charge in [-0.25, -0.2) is 8.89 Å². The minimum atomic E-state index is -1.56. The largest absolute Gasteiger partial charge is 0.269 e. The van der Waals surface area contributed by atoms with Crippen LogP contribution in [0.3, 0.4) is 0 Å². The van der Waals surface area contributed by atoms with Crippen molar-refractivity contribution < 1.29 is 9.00 Å². The molecule has 5 nitrogen and oxygen atoms in total. The lowest BCUT2D eigenvalue weighted by Gasteiger charge is -2.02. The van der Waals surface area contributed by atoms with Gasteiger partial charge in [0.15, 0.2) is 16.0 Å². The Bertz CT molecular complexity index is 692. The lowest BCUT2D eigenvalue weighted by atomic mass is 10.2. The summed E-state index contributed by atoms with van der Waals surface area (Å²) >= 11 is 6.01. The highest BCUT2D eigenvalue weighted by Crippen LogP contribution is 2.26. The van der Waals surface area contributed by atoms with Gasteiger partial charge in [-0.2, -0.15) is 5.10 Å². The number of amides is 1. The van der Waals surface area contributed by atoms with Crippen molar-refractivity contribution in [2.24, 2.45) is 0 Å². The maximum Gasteiger partial charge on any atom is 0.258 e. The zero-order chi connectivity index (χ0) is 12.0. The molecule has 1 unspecified atom stereocenters. The molecule has 0 saturated heterocycles. The van der Waals surface area contributed by atoms with E-state index in [2.05, 4.69) is 9.82 Å². The number of carbonyl (C=O) groups excluding carboxylic acids is 1. The van der Waals surface area contributed by atoms with Gasteiger partial charge in [0.2, 0.25) is 0 Å². The molecule has 1 amide bonds. The van der Waals surface area contributed by atoms with E-state index < -0.39 is 11.0 Å². The Hall–Kier alpha value is -1.66. The van der Waals surface area contributed by atoms with Gasteiger partial charge in [0.05, 0.1) is 16.7 Å². The lowest BCUT2D eigenvalue weighted by Crippen LogP contribution is -2.17. The molecular weight excluding hydrogens is 262 g/mol. The van der Waals surface area contributed by atoms with Gasteiger partial charge in [-0.05, 0) is 12.1 Å². The second-order valence-corrected chi connectivity index (χ2v) is 5.01. The van der Waals surface area contributed by atoms with Gasteiger partial charge in [0.25, 0.3) is 5.91 Å². The van der Waals surface area contributed by atoms with Gasteiger partial charge in [0.1, 0.15) is 0 Å². The second-order valence-electron chi connectivity index (χ2n) is 3.45. The van der Waals surface area contributed by atoms with Crippen LogP contribution in [-0.2, 0) is 15.8 Å². The van der Waals surface area contributed by atoms with Gasteiger partial charge >= 0.3 is 0 Å². The molecule has 3 rings (SSSR count). The maximum absolute atomic E-state index is 11.6. The molecule has 1 aliphatic heterocycles. The van der Waals surface area contributed by atoms with Gasteiger partial charge in [0, 0.05) is 11.5 Å². The minimum Gasteiger partial charge on any atom is -0.269 e. The van der Waals surface area contributed by atoms with E-state index in [0.29, 0.717) is 15.6 Å². The lowest BCUT2D eigenvalue weighted by molar-refractivity contribution is -0.114. The molecule has 0 fully saturated rings. The van der Waals surface area contributed by atoms with Gasteiger partial charge in [-0.1, -0.05) is 17.7 Å². The van der Waals surface area contributed by atoms with Gasteiger partial charge in [-0.3, -0.25) is 9.52 Å². The van der Waals surface area contributed by atoms with Crippen LogP contribution in [-0.4, -0.2) is 19.9 Å². The van der Waals surface area contributed by atoms with E-state index in [1.54, 1.807) is 24.4 Å². The van der Waals surface area contributed by atoms with Crippen molar-refractivity contribution in [1.82, 2.24) is 14.5 Å². The molecule has 17 heavy (non-hydrogen) atoms. The topological polar surface area (TPSA) is 64.0 Å². The first-order valence-corrected chi connectivity index (χ1v) is 6.26. The predicted octanol–water partition coefficient (Wildman–Crippen LogP) is 1.28. The van der Waals surface area contributed by atoms with E-state index in [0.717, 1.165) is 5.39 Å².